The van der Waals surface area contributed by atoms with Crippen LogP contribution in [0, 0.1) is 11.6 Å². The molecular formula is C8H10F3N3O2. The van der Waals surface area contributed by atoms with Gasteiger partial charge in [-0.2, -0.15) is 0 Å². The summed E-state index contributed by atoms with van der Waals surface area (Å²) < 4.78 is 37.7. The third-order valence-electron chi connectivity index (χ3n) is 1.35. The van der Waals surface area contributed by atoms with Crippen LogP contribution in [0.25, 0.3) is 0 Å². The molecule has 3 N–H and O–H groups in total. The quantitative estimate of drug-likeness (QED) is 0.268. The second-order valence-electron chi connectivity index (χ2n) is 2.28. The van der Waals surface area contributed by atoms with Crippen LogP contribution in [0.3, 0.4) is 0 Å². The van der Waals surface area contributed by atoms with Crippen LogP contribution in [-0.2, 0) is 9.63 Å². The van der Waals surface area contributed by atoms with Crippen LogP contribution < -0.4 is 16.6 Å². The average Bonchev–Trinajstić information content (AvgIpc) is 2.32. The van der Waals surface area contributed by atoms with Gasteiger partial charge < -0.3 is 0 Å². The second-order valence-corrected chi connectivity index (χ2v) is 2.28. The molecule has 1 aromatic carbocycles. The molecule has 0 saturated heterocycles. The minimum Gasteiger partial charge on any atom is -0.297 e. The van der Waals surface area contributed by atoms with Gasteiger partial charge in [-0.3, -0.25) is 10.2 Å². The van der Waals surface area contributed by atoms with Crippen molar-refractivity contribution < 1.29 is 22.9 Å². The fraction of sp³-hybridized carbons (Fsp3) is 0.125. The molecule has 5 nitrogen and oxygen atoms in total. The lowest BCUT2D eigenvalue weighted by Gasteiger charge is -2.10. The number of nitrogens with zero attached hydrogens (tertiary/aromatic N) is 1. The Morgan fingerprint density at radius 1 is 1.50 bits per heavy atom. The van der Waals surface area contributed by atoms with Crippen molar-refractivity contribution in [2.24, 2.45) is 5.84 Å². The molecule has 1 amide bonds. The molecule has 0 radical (unpaired) electrons. The van der Waals surface area contributed by atoms with Crippen molar-refractivity contribution in [2.75, 3.05) is 12.4 Å². The lowest BCUT2D eigenvalue weighted by atomic mass is 10.3. The number of carbonyl (C=O) groups excluding carboxylic acids is 1. The van der Waals surface area contributed by atoms with Gasteiger partial charge in [0.2, 0.25) is 6.41 Å². The van der Waals surface area contributed by atoms with E-state index in [0.717, 1.165) is 19.2 Å². The molecule has 0 aliphatic rings. The van der Waals surface area contributed by atoms with E-state index < -0.39 is 17.3 Å². The Balaban J connectivity index is 0.000000487. The Morgan fingerprint density at radius 3 is 2.50 bits per heavy atom. The first kappa shape index (κ1) is 14.2. The monoisotopic (exact) mass is 237 g/mol. The van der Waals surface area contributed by atoms with Crippen LogP contribution in [-0.4, -0.2) is 13.5 Å². The zero-order valence-corrected chi connectivity index (χ0v) is 8.28. The topological polar surface area (TPSA) is 67.6 Å². The van der Waals surface area contributed by atoms with Gasteiger partial charge in [-0.05, 0) is 12.1 Å². The van der Waals surface area contributed by atoms with E-state index in [1.165, 1.54) is 6.07 Å². The van der Waals surface area contributed by atoms with E-state index in [0.29, 0.717) is 6.41 Å². The summed E-state index contributed by atoms with van der Waals surface area (Å²) in [7, 11) is 1.00. The molecule has 1 aromatic rings. The molecule has 1 rings (SSSR count). The minimum atomic E-state index is -1.28. The highest BCUT2D eigenvalue weighted by atomic mass is 19.2. The number of hydrogen-bond acceptors (Lipinski definition) is 4. The normalized spacial score (nSPS) is 8.81. The van der Waals surface area contributed by atoms with Gasteiger partial charge in [0.1, 0.15) is 5.69 Å². The largest absolute Gasteiger partial charge is 0.297 e. The first-order valence-electron chi connectivity index (χ1n) is 3.92. The van der Waals surface area contributed by atoms with Gasteiger partial charge in [0.25, 0.3) is 0 Å². The maximum Gasteiger partial charge on any atom is 0.221 e. The van der Waals surface area contributed by atoms with Gasteiger partial charge in [0.15, 0.2) is 11.6 Å². The molecule has 0 saturated carbocycles. The van der Waals surface area contributed by atoms with E-state index >= 15 is 0 Å². The molecule has 0 spiro atoms. The summed E-state index contributed by atoms with van der Waals surface area (Å²) in [4.78, 5) is 13.0. The molecular weight excluding hydrogens is 227 g/mol. The van der Waals surface area contributed by atoms with Crippen LogP contribution in [0.5, 0.6) is 0 Å². The maximum atomic E-state index is 12.7. The highest BCUT2D eigenvalue weighted by molar-refractivity contribution is 5.44. The number of amides is 1. The van der Waals surface area contributed by atoms with Crippen LogP contribution in [0.1, 0.15) is 0 Å². The van der Waals surface area contributed by atoms with Gasteiger partial charge in [0.05, 0.1) is 7.11 Å². The van der Waals surface area contributed by atoms with Gasteiger partial charge in [-0.1, -0.05) is 15.8 Å². The molecule has 0 aromatic heterocycles. The Morgan fingerprint density at radius 2 is 2.06 bits per heavy atom. The number of hydrogen-bond donors (Lipinski definition) is 2. The van der Waals surface area contributed by atoms with Crippen LogP contribution in [0.4, 0.5) is 18.9 Å². The first-order valence-corrected chi connectivity index (χ1v) is 3.92. The number of halogens is 3. The molecule has 0 atom stereocenters. The number of nitrogens with two attached hydrogens (primary N) is 1. The van der Waals surface area contributed by atoms with E-state index in [-0.39, 0.29) is 5.29 Å². The summed E-state index contributed by atoms with van der Waals surface area (Å²) in [5, 5.41) is -0.349. The van der Waals surface area contributed by atoms with Gasteiger partial charge >= 0.3 is 0 Å². The predicted molar refractivity (Wildman–Crippen MR) is 50.3 cm³/mol. The van der Waals surface area contributed by atoms with Crippen molar-refractivity contribution in [1.82, 2.24) is 5.43 Å². The molecule has 16 heavy (non-hydrogen) atoms. The Bertz CT molecular complexity index is 338. The summed E-state index contributed by atoms with van der Waals surface area (Å²) in [6, 6.07) is 3.13. The third kappa shape index (κ3) is 4.15. The van der Waals surface area contributed by atoms with E-state index in [2.05, 4.69) is 10.7 Å². The van der Waals surface area contributed by atoms with Gasteiger partial charge in [-0.25, -0.2) is 19.5 Å². The Labute approximate surface area is 89.4 Å². The smallest absolute Gasteiger partial charge is 0.221 e. The molecule has 90 valence electrons. The summed E-state index contributed by atoms with van der Waals surface area (Å²) in [5.74, 6) is 2.02. The number of rotatable bonds is 3. The summed E-state index contributed by atoms with van der Waals surface area (Å²) >= 11 is 0. The van der Waals surface area contributed by atoms with E-state index in [9.17, 15) is 13.3 Å². The second kappa shape index (κ2) is 7.49. The van der Waals surface area contributed by atoms with Crippen LogP contribution >= 0.6 is 0 Å². The fourth-order valence-electron chi connectivity index (χ4n) is 0.727. The van der Waals surface area contributed by atoms with Gasteiger partial charge in [0, 0.05) is 0 Å². The highest BCUT2D eigenvalue weighted by Gasteiger charge is 2.13. The van der Waals surface area contributed by atoms with Gasteiger partial charge in [-0.15, -0.1) is 0 Å². The van der Waals surface area contributed by atoms with Crippen LogP contribution in [0.15, 0.2) is 18.2 Å². The summed E-state index contributed by atoms with van der Waals surface area (Å²) in [6.45, 7) is 0. The highest BCUT2D eigenvalue weighted by Crippen LogP contribution is 2.21. The SMILES string of the molecule is CON(F)c1cccc(F)c1F.NNC=O. The average molecular weight is 237 g/mol. The summed E-state index contributed by atoms with van der Waals surface area (Å²) in [5.41, 5.74) is 1.16. The Hall–Kier alpha value is -1.80. The molecule has 0 aliphatic carbocycles. The predicted octanol–water partition coefficient (Wildman–Crippen LogP) is 0.823. The molecule has 8 heteroatoms. The first-order chi connectivity index (χ1) is 7.58. The fourth-order valence-corrected chi connectivity index (χ4v) is 0.727. The Kier molecular flexibility index (Phi) is 6.64. The number of benzene rings is 1. The number of hydrazine groups is 1. The van der Waals surface area contributed by atoms with Crippen molar-refractivity contribution in [3.8, 4) is 0 Å². The third-order valence-corrected chi connectivity index (χ3v) is 1.35. The number of anilines is 1. The molecule has 0 aliphatic heterocycles. The van der Waals surface area contributed by atoms with E-state index in [4.69, 9.17) is 4.79 Å². The standard InChI is InChI=1S/C7H6F3NO.CH4N2O/c1-12-11(10)6-4-2-3-5(8)7(6)9;2-3-1-4/h2-4H,1H3;1H,2H2,(H,3,4). The van der Waals surface area contributed by atoms with Crippen molar-refractivity contribution >= 4 is 12.1 Å². The molecule has 0 heterocycles. The minimum absolute atomic E-state index is 0.349. The summed E-state index contributed by atoms with van der Waals surface area (Å²) in [6.07, 6.45) is 0.403. The van der Waals surface area contributed by atoms with E-state index in [1.54, 1.807) is 5.43 Å². The molecule has 0 bridgehead atoms. The number of carbonyl (C=O) groups is 1. The van der Waals surface area contributed by atoms with Crippen molar-refractivity contribution in [3.05, 3.63) is 29.8 Å². The molecule has 0 fully saturated rings. The van der Waals surface area contributed by atoms with E-state index in [1.807, 2.05) is 0 Å². The maximum absolute atomic E-state index is 12.7. The lowest BCUT2D eigenvalue weighted by Crippen LogP contribution is -2.18. The zero-order valence-electron chi connectivity index (χ0n) is 8.28. The van der Waals surface area contributed by atoms with Crippen molar-refractivity contribution in [3.63, 3.8) is 0 Å². The van der Waals surface area contributed by atoms with Crippen LogP contribution in [0.2, 0.25) is 0 Å². The number of nitrogens with one attached hydrogen (secondary N) is 1. The molecule has 0 unspecified atom stereocenters. The van der Waals surface area contributed by atoms with Crippen molar-refractivity contribution in [2.45, 2.75) is 0 Å². The lowest BCUT2D eigenvalue weighted by molar-refractivity contribution is -0.109. The zero-order chi connectivity index (χ0) is 12.6. The van der Waals surface area contributed by atoms with Crippen molar-refractivity contribution in [1.29, 1.82) is 0 Å².